The molecule has 2 aromatic rings. The Morgan fingerprint density at radius 2 is 1.96 bits per heavy atom. The molecule has 0 aromatic heterocycles. The van der Waals surface area contributed by atoms with E-state index in [1.54, 1.807) is 12.1 Å². The van der Waals surface area contributed by atoms with Crippen LogP contribution in [0, 0.1) is 0 Å². The van der Waals surface area contributed by atoms with Crippen LogP contribution in [0.1, 0.15) is 23.2 Å². The van der Waals surface area contributed by atoms with Gasteiger partial charge in [0.25, 0.3) is 5.91 Å². The van der Waals surface area contributed by atoms with Gasteiger partial charge in [0.2, 0.25) is 5.91 Å². The van der Waals surface area contributed by atoms with Gasteiger partial charge in [-0.2, -0.15) is 0 Å². The van der Waals surface area contributed by atoms with E-state index in [1.807, 2.05) is 24.3 Å². The van der Waals surface area contributed by atoms with Crippen molar-refractivity contribution in [1.82, 2.24) is 5.32 Å². The van der Waals surface area contributed by atoms with Crippen molar-refractivity contribution in [3.63, 3.8) is 0 Å². The highest BCUT2D eigenvalue weighted by molar-refractivity contribution is 6.07. The Morgan fingerprint density at radius 1 is 1.25 bits per heavy atom. The number of carboxylic acids is 1. The number of carboxylic acid groups (broad SMARTS) is 1. The molecular formula is C17H18N2O5. The Balaban J connectivity index is 2.11. The number of hydrogen-bond donors (Lipinski definition) is 3. The number of hydrogen-bond acceptors (Lipinski definition) is 5. The van der Waals surface area contributed by atoms with Gasteiger partial charge in [0.1, 0.15) is 11.8 Å². The van der Waals surface area contributed by atoms with Crippen molar-refractivity contribution in [1.29, 1.82) is 0 Å². The molecule has 0 saturated carbocycles. The summed E-state index contributed by atoms with van der Waals surface area (Å²) in [5, 5.41) is 12.6. The lowest BCUT2D eigenvalue weighted by Crippen LogP contribution is -2.34. The smallest absolute Gasteiger partial charge is 0.320 e. The first-order valence-electron chi connectivity index (χ1n) is 7.31. The third-order valence-corrected chi connectivity index (χ3v) is 3.56. The number of carbonyl (C=O) groups excluding carboxylic acids is 2. The van der Waals surface area contributed by atoms with Gasteiger partial charge in [0, 0.05) is 17.4 Å². The number of amides is 2. The monoisotopic (exact) mass is 330 g/mol. The van der Waals surface area contributed by atoms with Crippen LogP contribution in [0.2, 0.25) is 0 Å². The van der Waals surface area contributed by atoms with Crippen LogP contribution in [-0.4, -0.2) is 36.0 Å². The first kappa shape index (κ1) is 17.4. The van der Waals surface area contributed by atoms with Crippen molar-refractivity contribution in [2.75, 3.05) is 7.11 Å². The predicted octanol–water partition coefficient (Wildman–Crippen LogP) is 1.30. The minimum atomic E-state index is -1.19. The molecule has 7 nitrogen and oxygen atoms in total. The summed E-state index contributed by atoms with van der Waals surface area (Å²) in [4.78, 5) is 34.6. The highest BCUT2D eigenvalue weighted by atomic mass is 16.5. The zero-order chi connectivity index (χ0) is 17.7. The lowest BCUT2D eigenvalue weighted by atomic mass is 10.1. The van der Waals surface area contributed by atoms with Crippen LogP contribution in [0.5, 0.6) is 5.75 Å². The van der Waals surface area contributed by atoms with E-state index in [4.69, 9.17) is 15.6 Å². The summed E-state index contributed by atoms with van der Waals surface area (Å²) >= 11 is 0. The average molecular weight is 330 g/mol. The Labute approximate surface area is 138 Å². The first-order chi connectivity index (χ1) is 11.4. The van der Waals surface area contributed by atoms with Crippen molar-refractivity contribution in [3.05, 3.63) is 42.0 Å². The summed E-state index contributed by atoms with van der Waals surface area (Å²) in [6, 6.07) is 9.47. The van der Waals surface area contributed by atoms with Crippen molar-refractivity contribution in [3.8, 4) is 5.75 Å². The van der Waals surface area contributed by atoms with Crippen LogP contribution in [0.4, 0.5) is 0 Å². The molecule has 0 aliphatic carbocycles. The summed E-state index contributed by atoms with van der Waals surface area (Å²) in [7, 11) is 1.50. The molecule has 0 aliphatic rings. The Kier molecular flexibility index (Phi) is 5.49. The molecule has 24 heavy (non-hydrogen) atoms. The number of carbonyl (C=O) groups is 3. The molecule has 7 heteroatoms. The van der Waals surface area contributed by atoms with Crippen LogP contribution >= 0.6 is 0 Å². The molecule has 0 bridgehead atoms. The number of benzene rings is 2. The number of ether oxygens (including phenoxy) is 1. The SMILES string of the molecule is COc1cc(C(=O)NC(=O)CCC(N)C(=O)O)cc2ccccc12. The second-order valence-corrected chi connectivity index (χ2v) is 5.26. The number of imide groups is 1. The molecule has 0 radical (unpaired) electrons. The molecule has 0 spiro atoms. The number of fused-ring (bicyclic) bond motifs is 1. The summed E-state index contributed by atoms with van der Waals surface area (Å²) in [6.45, 7) is 0. The third-order valence-electron chi connectivity index (χ3n) is 3.56. The lowest BCUT2D eigenvalue weighted by molar-refractivity contribution is -0.138. The maximum Gasteiger partial charge on any atom is 0.320 e. The van der Waals surface area contributed by atoms with Gasteiger partial charge in [-0.1, -0.05) is 24.3 Å². The molecule has 2 rings (SSSR count). The fraction of sp³-hybridized carbons (Fsp3) is 0.235. The van der Waals surface area contributed by atoms with E-state index in [0.717, 1.165) is 10.8 Å². The van der Waals surface area contributed by atoms with E-state index in [0.29, 0.717) is 5.75 Å². The Hall–Kier alpha value is -2.93. The third kappa shape index (κ3) is 4.08. The maximum atomic E-state index is 12.2. The zero-order valence-corrected chi connectivity index (χ0v) is 13.1. The van der Waals surface area contributed by atoms with Crippen LogP contribution in [0.15, 0.2) is 36.4 Å². The standard InChI is InChI=1S/C17H18N2O5/c1-24-14-9-11(8-10-4-2-3-5-12(10)14)16(21)19-15(20)7-6-13(18)17(22)23/h2-5,8-9,13H,6-7,18H2,1H3,(H,22,23)(H,19,20,21). The minimum absolute atomic E-state index is 0.0461. The van der Waals surface area contributed by atoms with Crippen LogP contribution < -0.4 is 15.8 Å². The molecule has 0 fully saturated rings. The first-order valence-corrected chi connectivity index (χ1v) is 7.31. The number of methoxy groups -OCH3 is 1. The molecule has 4 N–H and O–H groups in total. The van der Waals surface area contributed by atoms with Gasteiger partial charge in [0.15, 0.2) is 0 Å². The number of nitrogens with one attached hydrogen (secondary N) is 1. The predicted molar refractivity (Wildman–Crippen MR) is 87.8 cm³/mol. The van der Waals surface area contributed by atoms with Gasteiger partial charge >= 0.3 is 5.97 Å². The van der Waals surface area contributed by atoms with Crippen LogP contribution in [-0.2, 0) is 9.59 Å². The van der Waals surface area contributed by atoms with E-state index in [1.165, 1.54) is 7.11 Å². The van der Waals surface area contributed by atoms with E-state index in [9.17, 15) is 14.4 Å². The summed E-state index contributed by atoms with van der Waals surface area (Å²) in [5.41, 5.74) is 5.60. The van der Waals surface area contributed by atoms with Crippen molar-refractivity contribution in [2.24, 2.45) is 5.73 Å². The normalized spacial score (nSPS) is 11.8. The largest absolute Gasteiger partial charge is 0.496 e. The molecule has 126 valence electrons. The fourth-order valence-electron chi connectivity index (χ4n) is 2.25. The van der Waals surface area contributed by atoms with Crippen molar-refractivity contribution < 1.29 is 24.2 Å². The molecular weight excluding hydrogens is 312 g/mol. The summed E-state index contributed by atoms with van der Waals surface area (Å²) < 4.78 is 5.28. The molecule has 0 aliphatic heterocycles. The number of aliphatic carboxylic acids is 1. The number of nitrogens with two attached hydrogens (primary N) is 1. The molecule has 2 aromatic carbocycles. The molecule has 2 amide bonds. The van der Waals surface area contributed by atoms with Gasteiger partial charge in [-0.15, -0.1) is 0 Å². The maximum absolute atomic E-state index is 12.2. The Bertz CT molecular complexity index is 788. The molecule has 0 saturated heterocycles. The molecule has 1 unspecified atom stereocenters. The van der Waals surface area contributed by atoms with Gasteiger partial charge in [-0.25, -0.2) is 0 Å². The van der Waals surface area contributed by atoms with E-state index in [-0.39, 0.29) is 18.4 Å². The number of rotatable bonds is 6. The van der Waals surface area contributed by atoms with Crippen LogP contribution in [0.25, 0.3) is 10.8 Å². The molecule has 1 atom stereocenters. The van der Waals surface area contributed by atoms with Gasteiger partial charge in [-0.05, 0) is 23.9 Å². The van der Waals surface area contributed by atoms with Crippen LogP contribution in [0.3, 0.4) is 0 Å². The van der Waals surface area contributed by atoms with E-state index in [2.05, 4.69) is 5.32 Å². The fourth-order valence-corrected chi connectivity index (χ4v) is 2.25. The topological polar surface area (TPSA) is 119 Å². The highest BCUT2D eigenvalue weighted by Crippen LogP contribution is 2.27. The van der Waals surface area contributed by atoms with E-state index >= 15 is 0 Å². The van der Waals surface area contributed by atoms with Gasteiger partial charge in [-0.3, -0.25) is 19.7 Å². The molecule has 0 heterocycles. The Morgan fingerprint density at radius 3 is 2.62 bits per heavy atom. The average Bonchev–Trinajstić information content (AvgIpc) is 2.58. The minimum Gasteiger partial charge on any atom is -0.496 e. The second-order valence-electron chi connectivity index (χ2n) is 5.26. The van der Waals surface area contributed by atoms with Crippen molar-refractivity contribution >= 4 is 28.6 Å². The summed E-state index contributed by atoms with van der Waals surface area (Å²) in [6.07, 6.45) is -0.195. The highest BCUT2D eigenvalue weighted by Gasteiger charge is 2.16. The van der Waals surface area contributed by atoms with E-state index < -0.39 is 23.8 Å². The summed E-state index contributed by atoms with van der Waals surface area (Å²) in [5.74, 6) is -1.82. The van der Waals surface area contributed by atoms with Gasteiger partial charge in [0.05, 0.1) is 7.11 Å². The quantitative estimate of drug-likeness (QED) is 0.734. The zero-order valence-electron chi connectivity index (χ0n) is 13.1. The second kappa shape index (κ2) is 7.56. The van der Waals surface area contributed by atoms with Gasteiger partial charge < -0.3 is 15.6 Å². The van der Waals surface area contributed by atoms with Crippen molar-refractivity contribution in [2.45, 2.75) is 18.9 Å². The lowest BCUT2D eigenvalue weighted by Gasteiger charge is -2.10.